The Labute approximate surface area is 260 Å². The third kappa shape index (κ3) is 10.2. The van der Waals surface area contributed by atoms with Crippen molar-refractivity contribution < 1.29 is 33.6 Å². The van der Waals surface area contributed by atoms with E-state index in [-0.39, 0.29) is 41.6 Å². The van der Waals surface area contributed by atoms with Crippen LogP contribution in [0.2, 0.25) is 0 Å². The molecular weight excluding hydrogens is 544 g/mol. The van der Waals surface area contributed by atoms with E-state index in [2.05, 4.69) is 40.7 Å². The summed E-state index contributed by atoms with van der Waals surface area (Å²) in [4.78, 5) is 13.5. The normalized spacial score (nSPS) is 37.0. The fraction of sp³-hybridized carbons (Fsp3) is 0.639. The highest BCUT2D eigenvalue weighted by Gasteiger charge is 2.35. The van der Waals surface area contributed by atoms with Gasteiger partial charge in [-0.25, -0.2) is 4.79 Å². The number of cyclic esters (lactones) is 1. The van der Waals surface area contributed by atoms with E-state index < -0.39 is 24.3 Å². The van der Waals surface area contributed by atoms with Gasteiger partial charge in [-0.05, 0) is 56.8 Å². The smallest absolute Gasteiger partial charge is 0.373 e. The van der Waals surface area contributed by atoms with E-state index in [1.807, 2.05) is 58.1 Å². The second kappa shape index (κ2) is 17.0. The van der Waals surface area contributed by atoms with Crippen LogP contribution in [0.3, 0.4) is 0 Å². The molecule has 2 aliphatic rings. The summed E-state index contributed by atoms with van der Waals surface area (Å²) in [6.07, 6.45) is 12.6. The van der Waals surface area contributed by atoms with Crippen LogP contribution in [-0.2, 0) is 28.5 Å². The summed E-state index contributed by atoms with van der Waals surface area (Å²) in [7, 11) is 4.79. The molecule has 0 unspecified atom stereocenters. The zero-order valence-corrected chi connectivity index (χ0v) is 28.4. The molecule has 7 heteroatoms. The van der Waals surface area contributed by atoms with Crippen LogP contribution in [0.1, 0.15) is 68.7 Å². The third-order valence-electron chi connectivity index (χ3n) is 8.56. The van der Waals surface area contributed by atoms with Crippen molar-refractivity contribution in [3.05, 3.63) is 70.8 Å². The van der Waals surface area contributed by atoms with Gasteiger partial charge in [0.05, 0.1) is 19.3 Å². The van der Waals surface area contributed by atoms with E-state index in [0.29, 0.717) is 5.92 Å². The molecular formula is C36H56O7. The lowest BCUT2D eigenvalue weighted by molar-refractivity contribution is -0.155. The lowest BCUT2D eigenvalue weighted by atomic mass is 9.86. The number of aliphatic hydroxyl groups is 1. The molecule has 0 aromatic carbocycles. The highest BCUT2D eigenvalue weighted by Crippen LogP contribution is 2.33. The molecule has 2 heterocycles. The average Bonchev–Trinajstić information content (AvgIpc) is 2.95. The quantitative estimate of drug-likeness (QED) is 0.312. The first-order valence-electron chi connectivity index (χ1n) is 15.5. The van der Waals surface area contributed by atoms with Crippen LogP contribution < -0.4 is 0 Å². The molecule has 0 saturated heterocycles. The van der Waals surface area contributed by atoms with Crippen LogP contribution in [0, 0.1) is 29.6 Å². The Morgan fingerprint density at radius 3 is 2.23 bits per heavy atom. The number of aliphatic hydroxyl groups excluding tert-OH is 1. The summed E-state index contributed by atoms with van der Waals surface area (Å²) >= 11 is 0. The number of carbonyl (C=O) groups excluding carboxylic acids is 1. The van der Waals surface area contributed by atoms with Crippen molar-refractivity contribution in [3.8, 4) is 0 Å². The Morgan fingerprint density at radius 2 is 1.65 bits per heavy atom. The van der Waals surface area contributed by atoms with Crippen molar-refractivity contribution in [1.82, 2.24) is 0 Å². The van der Waals surface area contributed by atoms with Gasteiger partial charge in [0.25, 0.3) is 0 Å². The Hall–Kier alpha value is -2.61. The second-order valence-electron chi connectivity index (χ2n) is 12.7. The van der Waals surface area contributed by atoms with Crippen molar-refractivity contribution in [3.63, 3.8) is 0 Å². The highest BCUT2D eigenvalue weighted by atomic mass is 16.6. The van der Waals surface area contributed by atoms with Crippen molar-refractivity contribution in [2.24, 2.45) is 29.6 Å². The lowest BCUT2D eigenvalue weighted by Gasteiger charge is -2.37. The Morgan fingerprint density at radius 1 is 1.00 bits per heavy atom. The molecule has 7 nitrogen and oxygen atoms in total. The van der Waals surface area contributed by atoms with E-state index in [9.17, 15) is 9.90 Å². The Bertz CT molecular complexity index is 1110. The number of hydrogen-bond donors (Lipinski definition) is 1. The number of rotatable bonds is 7. The van der Waals surface area contributed by atoms with Crippen LogP contribution in [-0.4, -0.2) is 62.9 Å². The number of methoxy groups -OCH3 is 3. The molecule has 2 rings (SSSR count). The van der Waals surface area contributed by atoms with Crippen molar-refractivity contribution >= 4 is 5.97 Å². The van der Waals surface area contributed by atoms with Gasteiger partial charge >= 0.3 is 5.97 Å². The maximum absolute atomic E-state index is 13.5. The minimum atomic E-state index is -0.657. The molecule has 9 atom stereocenters. The fourth-order valence-corrected chi connectivity index (χ4v) is 6.09. The minimum absolute atomic E-state index is 0.0194. The first-order chi connectivity index (χ1) is 20.2. The van der Waals surface area contributed by atoms with Gasteiger partial charge in [0.15, 0.2) is 0 Å². The van der Waals surface area contributed by atoms with Gasteiger partial charge < -0.3 is 28.8 Å². The van der Waals surface area contributed by atoms with E-state index in [4.69, 9.17) is 23.7 Å². The second-order valence-corrected chi connectivity index (χ2v) is 12.7. The molecule has 0 fully saturated rings. The summed E-state index contributed by atoms with van der Waals surface area (Å²) in [6, 6.07) is 0. The molecule has 0 radical (unpaired) electrons. The Balaban J connectivity index is 2.54. The topological polar surface area (TPSA) is 83.5 Å². The largest absolute Gasteiger partial charge is 0.490 e. The van der Waals surface area contributed by atoms with Crippen LogP contribution >= 0.6 is 0 Å². The van der Waals surface area contributed by atoms with Crippen LogP contribution in [0.4, 0.5) is 0 Å². The van der Waals surface area contributed by atoms with E-state index >= 15 is 0 Å². The van der Waals surface area contributed by atoms with E-state index in [0.717, 1.165) is 28.9 Å². The Kier molecular flexibility index (Phi) is 14.5. The summed E-state index contributed by atoms with van der Waals surface area (Å²) in [5.41, 5.74) is 2.88. The zero-order chi connectivity index (χ0) is 32.4. The molecule has 2 aliphatic heterocycles. The van der Waals surface area contributed by atoms with Gasteiger partial charge in [-0.1, -0.05) is 83.1 Å². The van der Waals surface area contributed by atoms with Gasteiger partial charge in [-0.15, -0.1) is 0 Å². The zero-order valence-electron chi connectivity index (χ0n) is 28.4. The number of esters is 1. The molecule has 1 N–H and O–H groups in total. The van der Waals surface area contributed by atoms with E-state index in [1.54, 1.807) is 20.3 Å². The van der Waals surface area contributed by atoms with Gasteiger partial charge in [0.1, 0.15) is 24.1 Å². The molecule has 242 valence electrons. The number of hydrogen-bond acceptors (Lipinski definition) is 7. The molecule has 43 heavy (non-hydrogen) atoms. The van der Waals surface area contributed by atoms with Crippen LogP contribution in [0.25, 0.3) is 0 Å². The third-order valence-corrected chi connectivity index (χ3v) is 8.56. The summed E-state index contributed by atoms with van der Waals surface area (Å²) in [5, 5.41) is 10.9. The summed E-state index contributed by atoms with van der Waals surface area (Å²) < 4.78 is 29.7. The van der Waals surface area contributed by atoms with Gasteiger partial charge in [0, 0.05) is 32.0 Å². The molecule has 0 aromatic rings. The van der Waals surface area contributed by atoms with Crippen LogP contribution in [0.5, 0.6) is 0 Å². The summed E-state index contributed by atoms with van der Waals surface area (Å²) in [6.45, 7) is 18.5. The van der Waals surface area contributed by atoms with Gasteiger partial charge in [0.2, 0.25) is 5.76 Å². The molecule has 0 saturated carbocycles. The molecule has 0 amide bonds. The predicted octanol–water partition coefficient (Wildman–Crippen LogP) is 7.10. The SMILES string of the molecule is CO/C1=C/C(C)=C/[C@@H](C)[C@@H](O)[C@@H](C)C/C(C)=C/C=C/[C@H](OC)[C@@H]([C@@H](C)/C=C(\C)C2=C[C@@H](OC)[C@H](C)[C@@H](C(C)C)O2)OC1=O. The van der Waals surface area contributed by atoms with Gasteiger partial charge in [-0.3, -0.25) is 0 Å². The maximum Gasteiger partial charge on any atom is 0.373 e. The number of allylic oxidation sites excluding steroid dienone is 6. The number of ether oxygens (including phenoxy) is 5. The van der Waals surface area contributed by atoms with Crippen LogP contribution in [0.15, 0.2) is 70.8 Å². The maximum atomic E-state index is 13.5. The molecule has 0 aliphatic carbocycles. The highest BCUT2D eigenvalue weighted by molar-refractivity contribution is 5.87. The van der Waals surface area contributed by atoms with Crippen molar-refractivity contribution in [1.29, 1.82) is 0 Å². The average molecular weight is 601 g/mol. The molecule has 0 bridgehead atoms. The van der Waals surface area contributed by atoms with E-state index in [1.165, 1.54) is 7.11 Å². The minimum Gasteiger partial charge on any atom is -0.490 e. The molecule has 0 spiro atoms. The summed E-state index contributed by atoms with van der Waals surface area (Å²) in [5.74, 6) is 0.520. The monoisotopic (exact) mass is 600 g/mol. The predicted molar refractivity (Wildman–Crippen MR) is 172 cm³/mol. The standard InChI is InChI=1S/C36H56O7/c1-21(2)34-28(9)31(40-11)20-30(42-34)24(5)19-27(8)35-29(39-10)15-13-14-22(3)16-25(6)33(37)26(7)17-23(4)18-32(41-12)36(38)43-35/h13-15,17-21,25-29,31,33-35,37H,16H2,1-12H3/b15-13+,22-14+,23-17+,24-19+,32-18+/t25-,26+,27-,28-,29-,31+,33-,34+,35+/m0/s1. The van der Waals surface area contributed by atoms with Gasteiger partial charge in [-0.2, -0.15) is 0 Å². The number of carbonyl (C=O) groups is 1. The molecule has 0 aromatic heterocycles. The first kappa shape index (κ1) is 36.6. The van der Waals surface area contributed by atoms with Crippen molar-refractivity contribution in [2.75, 3.05) is 21.3 Å². The lowest BCUT2D eigenvalue weighted by Crippen LogP contribution is -2.39. The van der Waals surface area contributed by atoms with Crippen molar-refractivity contribution in [2.45, 2.75) is 99.3 Å². The first-order valence-corrected chi connectivity index (χ1v) is 15.5. The fourth-order valence-electron chi connectivity index (χ4n) is 6.09.